The Morgan fingerprint density at radius 1 is 1.26 bits per heavy atom. The van der Waals surface area contributed by atoms with Crippen LogP contribution in [0.15, 0.2) is 12.3 Å². The molecular formula is C15H22N6OS. The van der Waals surface area contributed by atoms with Crippen molar-refractivity contribution in [2.75, 3.05) is 43.4 Å². The molecule has 0 unspecified atom stereocenters. The van der Waals surface area contributed by atoms with Crippen molar-refractivity contribution in [3.63, 3.8) is 0 Å². The zero-order valence-corrected chi connectivity index (χ0v) is 14.3. The molecule has 3 rings (SSSR count). The van der Waals surface area contributed by atoms with Crippen LogP contribution < -0.4 is 15.4 Å². The zero-order valence-electron chi connectivity index (χ0n) is 13.5. The number of nitrogens with zero attached hydrogens (tertiary/aromatic N) is 5. The van der Waals surface area contributed by atoms with E-state index in [4.69, 9.17) is 10.5 Å². The molecule has 0 aromatic carbocycles. The first-order valence-corrected chi connectivity index (χ1v) is 8.61. The first kappa shape index (κ1) is 15.9. The van der Waals surface area contributed by atoms with Crippen molar-refractivity contribution in [3.05, 3.63) is 22.8 Å². The molecule has 8 heteroatoms. The monoisotopic (exact) mass is 334 g/mol. The topological polar surface area (TPSA) is 80.4 Å². The van der Waals surface area contributed by atoms with E-state index in [1.807, 2.05) is 26.1 Å². The van der Waals surface area contributed by atoms with Gasteiger partial charge in [-0.2, -0.15) is 4.98 Å². The van der Waals surface area contributed by atoms with E-state index >= 15 is 0 Å². The van der Waals surface area contributed by atoms with Crippen LogP contribution in [0.5, 0.6) is 5.88 Å². The molecule has 0 radical (unpaired) electrons. The molecule has 0 amide bonds. The van der Waals surface area contributed by atoms with Crippen molar-refractivity contribution >= 4 is 22.4 Å². The van der Waals surface area contributed by atoms with Gasteiger partial charge >= 0.3 is 0 Å². The molecule has 2 aromatic rings. The van der Waals surface area contributed by atoms with Crippen molar-refractivity contribution < 1.29 is 4.74 Å². The van der Waals surface area contributed by atoms with Gasteiger partial charge in [0.15, 0.2) is 5.13 Å². The van der Waals surface area contributed by atoms with Crippen LogP contribution >= 0.6 is 11.3 Å². The Kier molecular flexibility index (Phi) is 4.92. The summed E-state index contributed by atoms with van der Waals surface area (Å²) in [5, 5.41) is 0.634. The molecule has 23 heavy (non-hydrogen) atoms. The van der Waals surface area contributed by atoms with Crippen LogP contribution in [0.4, 0.5) is 11.1 Å². The summed E-state index contributed by atoms with van der Waals surface area (Å²) in [4.78, 5) is 19.0. The molecule has 124 valence electrons. The number of nitrogen functional groups attached to an aromatic ring is 1. The number of hydrogen-bond donors (Lipinski definition) is 1. The highest BCUT2D eigenvalue weighted by atomic mass is 32.1. The quantitative estimate of drug-likeness (QED) is 0.888. The summed E-state index contributed by atoms with van der Waals surface area (Å²) in [6.45, 7) is 9.20. The Morgan fingerprint density at radius 3 is 2.70 bits per heavy atom. The lowest BCUT2D eigenvalue weighted by Crippen LogP contribution is -2.46. The molecule has 1 aliphatic rings. The van der Waals surface area contributed by atoms with Crippen molar-refractivity contribution in [2.24, 2.45) is 0 Å². The summed E-state index contributed by atoms with van der Waals surface area (Å²) < 4.78 is 5.52. The van der Waals surface area contributed by atoms with Gasteiger partial charge < -0.3 is 15.4 Å². The van der Waals surface area contributed by atoms with Crippen molar-refractivity contribution in [1.29, 1.82) is 0 Å². The minimum Gasteiger partial charge on any atom is -0.478 e. The lowest BCUT2D eigenvalue weighted by Gasteiger charge is -2.34. The fraction of sp³-hybridized carbons (Fsp3) is 0.533. The molecule has 0 saturated carbocycles. The van der Waals surface area contributed by atoms with E-state index in [-0.39, 0.29) is 0 Å². The number of thiazole rings is 1. The van der Waals surface area contributed by atoms with Crippen LogP contribution in [0, 0.1) is 6.92 Å². The molecule has 2 aromatic heterocycles. The fourth-order valence-electron chi connectivity index (χ4n) is 2.61. The van der Waals surface area contributed by atoms with Crippen molar-refractivity contribution in [3.8, 4) is 5.88 Å². The standard InChI is InChI=1S/C15H22N6OS/c1-3-22-13-8-11(2)18-15(19-13)21-6-4-20(5-7-21)10-12-9-17-14(16)23-12/h8-9H,3-7,10H2,1-2H3,(H2,16,17). The molecule has 1 fully saturated rings. The van der Waals surface area contributed by atoms with E-state index < -0.39 is 0 Å². The molecule has 7 nitrogen and oxygen atoms in total. The normalized spacial score (nSPS) is 15.8. The molecule has 0 atom stereocenters. The predicted octanol–water partition coefficient (Wildman–Crippen LogP) is 1.54. The first-order chi connectivity index (χ1) is 11.1. The van der Waals surface area contributed by atoms with E-state index in [1.165, 1.54) is 4.88 Å². The van der Waals surface area contributed by atoms with Crippen LogP contribution in [0.25, 0.3) is 0 Å². The lowest BCUT2D eigenvalue weighted by atomic mass is 10.3. The Hall–Kier alpha value is -1.93. The van der Waals surface area contributed by atoms with Crippen LogP contribution in [-0.4, -0.2) is 52.6 Å². The Balaban J connectivity index is 1.60. The van der Waals surface area contributed by atoms with Crippen LogP contribution in [0.3, 0.4) is 0 Å². The fourth-order valence-corrected chi connectivity index (χ4v) is 3.34. The third-order valence-corrected chi connectivity index (χ3v) is 4.53. The lowest BCUT2D eigenvalue weighted by molar-refractivity contribution is 0.250. The molecule has 1 aliphatic heterocycles. The summed E-state index contributed by atoms with van der Waals surface area (Å²) in [5.74, 6) is 1.41. The molecule has 3 heterocycles. The summed E-state index contributed by atoms with van der Waals surface area (Å²) in [6, 6.07) is 1.87. The van der Waals surface area contributed by atoms with Gasteiger partial charge in [-0.3, -0.25) is 4.90 Å². The van der Waals surface area contributed by atoms with Crippen LogP contribution in [0.1, 0.15) is 17.5 Å². The van der Waals surface area contributed by atoms with E-state index in [0.29, 0.717) is 17.6 Å². The highest BCUT2D eigenvalue weighted by molar-refractivity contribution is 7.15. The van der Waals surface area contributed by atoms with Gasteiger partial charge in [0, 0.05) is 55.6 Å². The number of aryl methyl sites for hydroxylation is 1. The van der Waals surface area contributed by atoms with Gasteiger partial charge in [0.05, 0.1) is 6.61 Å². The third kappa shape index (κ3) is 4.08. The van der Waals surface area contributed by atoms with Gasteiger partial charge in [0.25, 0.3) is 0 Å². The molecule has 0 spiro atoms. The molecular weight excluding hydrogens is 312 g/mol. The molecule has 1 saturated heterocycles. The van der Waals surface area contributed by atoms with Gasteiger partial charge in [-0.1, -0.05) is 0 Å². The third-order valence-electron chi connectivity index (χ3n) is 3.72. The Labute approximate surface area is 140 Å². The maximum atomic E-state index is 5.69. The van der Waals surface area contributed by atoms with Gasteiger partial charge in [-0.15, -0.1) is 11.3 Å². The average Bonchev–Trinajstić information content (AvgIpc) is 2.93. The first-order valence-electron chi connectivity index (χ1n) is 7.80. The van der Waals surface area contributed by atoms with E-state index in [9.17, 15) is 0 Å². The SMILES string of the molecule is CCOc1cc(C)nc(N2CCN(Cc3cnc(N)s3)CC2)n1. The predicted molar refractivity (Wildman–Crippen MR) is 92.0 cm³/mol. The highest BCUT2D eigenvalue weighted by Crippen LogP contribution is 2.20. The summed E-state index contributed by atoms with van der Waals surface area (Å²) in [7, 11) is 0. The van der Waals surface area contributed by atoms with Crippen molar-refractivity contribution in [1.82, 2.24) is 19.9 Å². The summed E-state index contributed by atoms with van der Waals surface area (Å²) in [5.41, 5.74) is 6.62. The van der Waals surface area contributed by atoms with E-state index in [1.54, 1.807) is 11.3 Å². The number of aromatic nitrogens is 3. The second kappa shape index (κ2) is 7.10. The molecule has 0 bridgehead atoms. The molecule has 2 N–H and O–H groups in total. The number of anilines is 2. The number of hydrogen-bond acceptors (Lipinski definition) is 8. The average molecular weight is 334 g/mol. The number of piperazine rings is 1. The van der Waals surface area contributed by atoms with Crippen LogP contribution in [-0.2, 0) is 6.54 Å². The number of ether oxygens (including phenoxy) is 1. The van der Waals surface area contributed by atoms with Gasteiger partial charge in [-0.05, 0) is 13.8 Å². The van der Waals surface area contributed by atoms with E-state index in [0.717, 1.165) is 44.4 Å². The highest BCUT2D eigenvalue weighted by Gasteiger charge is 2.20. The number of nitrogens with two attached hydrogens (primary N) is 1. The van der Waals surface area contributed by atoms with Crippen LogP contribution in [0.2, 0.25) is 0 Å². The minimum absolute atomic E-state index is 0.613. The second-order valence-corrected chi connectivity index (χ2v) is 6.66. The smallest absolute Gasteiger partial charge is 0.228 e. The minimum atomic E-state index is 0.613. The van der Waals surface area contributed by atoms with Gasteiger partial charge in [0.2, 0.25) is 11.8 Å². The van der Waals surface area contributed by atoms with Crippen molar-refractivity contribution in [2.45, 2.75) is 20.4 Å². The Morgan fingerprint density at radius 2 is 2.04 bits per heavy atom. The zero-order chi connectivity index (χ0) is 16.2. The maximum Gasteiger partial charge on any atom is 0.228 e. The maximum absolute atomic E-state index is 5.69. The summed E-state index contributed by atoms with van der Waals surface area (Å²) in [6.07, 6.45) is 1.87. The second-order valence-electron chi connectivity index (χ2n) is 5.51. The molecule has 0 aliphatic carbocycles. The largest absolute Gasteiger partial charge is 0.478 e. The summed E-state index contributed by atoms with van der Waals surface area (Å²) >= 11 is 1.56. The van der Waals surface area contributed by atoms with Gasteiger partial charge in [0.1, 0.15) is 0 Å². The number of rotatable bonds is 5. The van der Waals surface area contributed by atoms with Gasteiger partial charge in [-0.25, -0.2) is 9.97 Å². The Bertz CT molecular complexity index is 653. The van der Waals surface area contributed by atoms with E-state index in [2.05, 4.69) is 24.8 Å².